The van der Waals surface area contributed by atoms with Crippen LogP contribution in [0.15, 0.2) is 109 Å². The van der Waals surface area contributed by atoms with Crippen LogP contribution in [0.25, 0.3) is 32.9 Å². The molecule has 0 spiro atoms. The van der Waals surface area contributed by atoms with Gasteiger partial charge in [0, 0.05) is 59.7 Å². The van der Waals surface area contributed by atoms with E-state index in [1.165, 1.54) is 12.1 Å². The molecule has 0 fully saturated rings. The summed E-state index contributed by atoms with van der Waals surface area (Å²) >= 11 is 0. The van der Waals surface area contributed by atoms with Crippen molar-refractivity contribution in [2.75, 3.05) is 0 Å². The first-order valence-corrected chi connectivity index (χ1v) is 14.5. The van der Waals surface area contributed by atoms with Gasteiger partial charge >= 0.3 is 0 Å². The molecule has 1 unspecified atom stereocenters. The molecule has 0 radical (unpaired) electrons. The van der Waals surface area contributed by atoms with E-state index in [4.69, 9.17) is 0 Å². The average molecular weight is 605 g/mol. The third-order valence-corrected chi connectivity index (χ3v) is 7.81. The van der Waals surface area contributed by atoms with Crippen LogP contribution in [-0.2, 0) is 23.7 Å². The molecule has 0 aliphatic heterocycles. The van der Waals surface area contributed by atoms with Gasteiger partial charge in [-0.2, -0.15) is 0 Å². The third kappa shape index (κ3) is 6.38. The Morgan fingerprint density at radius 1 is 0.911 bits per heavy atom. The molecule has 7 nitrogen and oxygen atoms in total. The molecule has 0 bridgehead atoms. The first kappa shape index (κ1) is 29.5. The molecular weight excluding hydrogens is 574 g/mol. The molecule has 0 aliphatic carbocycles. The van der Waals surface area contributed by atoms with Gasteiger partial charge < -0.3 is 20.7 Å². The first-order chi connectivity index (χ1) is 21.7. The summed E-state index contributed by atoms with van der Waals surface area (Å²) in [6.45, 7) is 0.687. The van der Waals surface area contributed by atoms with Crippen LogP contribution >= 0.6 is 0 Å². The lowest BCUT2D eigenvalue weighted by Crippen LogP contribution is -2.48. The van der Waals surface area contributed by atoms with Crippen LogP contribution in [0.4, 0.5) is 8.78 Å². The van der Waals surface area contributed by atoms with Gasteiger partial charge in [-0.1, -0.05) is 60.7 Å². The zero-order chi connectivity index (χ0) is 31.6. The number of aromatic nitrogens is 2. The topological polar surface area (TPSA) is 107 Å². The summed E-state index contributed by atoms with van der Waals surface area (Å²) in [7, 11) is 0. The van der Waals surface area contributed by atoms with E-state index in [2.05, 4.69) is 20.6 Å². The summed E-state index contributed by atoms with van der Waals surface area (Å²) < 4.78 is 28.4. The molecule has 2 heterocycles. The molecule has 2 amide bonds. The van der Waals surface area contributed by atoms with E-state index in [9.17, 15) is 23.5 Å². The van der Waals surface area contributed by atoms with Crippen molar-refractivity contribution in [2.45, 2.75) is 31.9 Å². The Bertz CT molecular complexity index is 2030. The molecule has 2 aromatic heterocycles. The number of phenolic OH excluding ortho intramolecular Hbond substituents is 1. The molecule has 4 N–H and O–H groups in total. The van der Waals surface area contributed by atoms with Crippen LogP contribution in [0, 0.1) is 0 Å². The zero-order valence-electron chi connectivity index (χ0n) is 24.4. The monoisotopic (exact) mass is 604 g/mol. The van der Waals surface area contributed by atoms with Gasteiger partial charge in [-0.3, -0.25) is 14.6 Å². The lowest BCUT2D eigenvalue weighted by Gasteiger charge is -2.20. The Balaban J connectivity index is 1.27. The molecule has 1 atom stereocenters. The quantitative estimate of drug-likeness (QED) is 0.145. The highest BCUT2D eigenvalue weighted by Crippen LogP contribution is 2.31. The number of halogens is 2. The number of pyridine rings is 1. The van der Waals surface area contributed by atoms with Gasteiger partial charge in [-0.15, -0.1) is 0 Å². The number of aromatic hydroxyl groups is 1. The third-order valence-electron chi connectivity index (χ3n) is 7.81. The second kappa shape index (κ2) is 12.2. The number of carbonyl (C=O) groups excluding carboxylic acids is 2. The lowest BCUT2D eigenvalue weighted by atomic mass is 9.99. The van der Waals surface area contributed by atoms with E-state index < -0.39 is 23.8 Å². The normalized spacial score (nSPS) is 12.2. The Morgan fingerprint density at radius 3 is 2.56 bits per heavy atom. The minimum atomic E-state index is -3.08. The van der Waals surface area contributed by atoms with Crippen molar-refractivity contribution in [2.24, 2.45) is 0 Å². The van der Waals surface area contributed by atoms with Gasteiger partial charge in [0.2, 0.25) is 5.91 Å². The van der Waals surface area contributed by atoms with Crippen molar-refractivity contribution in [1.29, 1.82) is 0 Å². The van der Waals surface area contributed by atoms with E-state index in [0.29, 0.717) is 22.2 Å². The van der Waals surface area contributed by atoms with E-state index in [0.717, 1.165) is 28.8 Å². The maximum Gasteiger partial charge on any atom is 0.270 e. The number of nitrogens with one attached hydrogen (secondary N) is 3. The molecular formula is C36H30F2N4O3. The van der Waals surface area contributed by atoms with E-state index in [-0.39, 0.29) is 29.8 Å². The minimum absolute atomic E-state index is 0.0239. The van der Waals surface area contributed by atoms with Gasteiger partial charge in [0.15, 0.2) is 0 Å². The summed E-state index contributed by atoms with van der Waals surface area (Å²) in [6, 6.07) is 26.7. The van der Waals surface area contributed by atoms with Gasteiger partial charge in [0.05, 0.1) is 0 Å². The minimum Gasteiger partial charge on any atom is -0.506 e. The number of aromatic amines is 1. The van der Waals surface area contributed by atoms with Crippen LogP contribution in [0.1, 0.15) is 34.0 Å². The van der Waals surface area contributed by atoms with Crippen molar-refractivity contribution < 1.29 is 23.5 Å². The van der Waals surface area contributed by atoms with Gasteiger partial charge in [0.25, 0.3) is 11.8 Å². The van der Waals surface area contributed by atoms with Crippen LogP contribution in [-0.4, -0.2) is 32.9 Å². The predicted molar refractivity (Wildman–Crippen MR) is 170 cm³/mol. The number of para-hydroxylation sites is 1. The molecule has 0 aliphatic rings. The van der Waals surface area contributed by atoms with Gasteiger partial charge in [-0.05, 0) is 58.7 Å². The van der Waals surface area contributed by atoms with Gasteiger partial charge in [-0.25, -0.2) is 8.78 Å². The van der Waals surface area contributed by atoms with E-state index in [1.54, 1.807) is 54.9 Å². The van der Waals surface area contributed by atoms with Crippen molar-refractivity contribution >= 4 is 33.6 Å². The number of phenols is 1. The predicted octanol–water partition coefficient (Wildman–Crippen LogP) is 6.86. The summed E-state index contributed by atoms with van der Waals surface area (Å²) in [5, 5.41) is 17.8. The van der Waals surface area contributed by atoms with Gasteiger partial charge in [0.1, 0.15) is 17.3 Å². The van der Waals surface area contributed by atoms with E-state index >= 15 is 0 Å². The van der Waals surface area contributed by atoms with Crippen molar-refractivity contribution in [3.8, 4) is 16.9 Å². The summed E-state index contributed by atoms with van der Waals surface area (Å²) in [4.78, 5) is 34.6. The van der Waals surface area contributed by atoms with E-state index in [1.807, 2.05) is 42.5 Å². The van der Waals surface area contributed by atoms with Crippen LogP contribution in [0.5, 0.6) is 5.75 Å². The molecule has 226 valence electrons. The number of nitrogens with zero attached hydrogens (tertiary/aromatic N) is 1. The highest BCUT2D eigenvalue weighted by Gasteiger charge is 2.28. The fraction of sp³-hybridized carbons (Fsp3) is 0.139. The van der Waals surface area contributed by atoms with Crippen LogP contribution in [0.2, 0.25) is 0 Å². The molecule has 6 aromatic rings. The Morgan fingerprint density at radius 2 is 1.71 bits per heavy atom. The molecule has 45 heavy (non-hydrogen) atoms. The summed E-state index contributed by atoms with van der Waals surface area (Å²) in [6.07, 6.45) is 3.57. The highest BCUT2D eigenvalue weighted by atomic mass is 19.3. The maximum atomic E-state index is 14.2. The number of H-pyrrole nitrogens is 1. The first-order valence-electron chi connectivity index (χ1n) is 14.5. The van der Waals surface area contributed by atoms with Crippen molar-refractivity contribution in [1.82, 2.24) is 20.6 Å². The van der Waals surface area contributed by atoms with Crippen molar-refractivity contribution in [3.05, 3.63) is 132 Å². The number of hydrogen-bond donors (Lipinski definition) is 4. The lowest BCUT2D eigenvalue weighted by molar-refractivity contribution is -0.123. The SMILES string of the molecule is CC(F)(F)c1ccccc1CNC(=O)C(Cc1c[nH]c2ccccc12)NC(=O)c1cccc(-c2cc(O)c3ncccc3c2)c1. The summed E-state index contributed by atoms with van der Waals surface area (Å²) in [5.74, 6) is -4.05. The second-order valence-corrected chi connectivity index (χ2v) is 11.0. The fourth-order valence-corrected chi connectivity index (χ4v) is 5.56. The largest absolute Gasteiger partial charge is 0.506 e. The zero-order valence-corrected chi connectivity index (χ0v) is 24.4. The number of hydrogen-bond acceptors (Lipinski definition) is 4. The summed E-state index contributed by atoms with van der Waals surface area (Å²) in [5.41, 5.74) is 4.00. The van der Waals surface area contributed by atoms with Crippen LogP contribution < -0.4 is 10.6 Å². The number of amides is 2. The molecule has 6 rings (SSSR count). The maximum absolute atomic E-state index is 14.2. The smallest absolute Gasteiger partial charge is 0.270 e. The fourth-order valence-electron chi connectivity index (χ4n) is 5.56. The molecule has 0 saturated heterocycles. The number of alkyl halides is 2. The molecule has 9 heteroatoms. The molecule has 0 saturated carbocycles. The number of rotatable bonds is 9. The Hall–Kier alpha value is -5.57. The Kier molecular flexibility index (Phi) is 8.00. The number of carbonyl (C=O) groups is 2. The number of fused-ring (bicyclic) bond motifs is 2. The second-order valence-electron chi connectivity index (χ2n) is 11.0. The Labute approximate surface area is 257 Å². The molecule has 4 aromatic carbocycles. The highest BCUT2D eigenvalue weighted by molar-refractivity contribution is 5.99. The standard InChI is InChI=1S/C36H30F2N4O3/c1-36(37,38)29-13-4-2-8-25(29)20-41-35(45)31(18-27-21-40-30-14-5-3-12-28(27)30)42-34(44)24-10-6-9-22(16-24)26-17-23-11-7-15-39-33(23)32(43)19-26/h2-17,19,21,31,40,43H,18,20H2,1H3,(H,41,45)(H,42,44). The average Bonchev–Trinajstić information content (AvgIpc) is 3.45. The number of benzene rings is 4. The van der Waals surface area contributed by atoms with Crippen molar-refractivity contribution in [3.63, 3.8) is 0 Å². The van der Waals surface area contributed by atoms with Crippen LogP contribution in [0.3, 0.4) is 0 Å².